The minimum Gasteiger partial charge on any atom is -0.393 e. The average molecular weight is 380 g/mol. The molecule has 2 saturated heterocycles. The lowest BCUT2D eigenvalue weighted by atomic mass is 9.61. The second-order valence-corrected chi connectivity index (χ2v) is 6.76. The molecule has 9 heteroatoms. The highest BCUT2D eigenvalue weighted by atomic mass is 19.3. The maximum atomic E-state index is 12.7. The highest BCUT2D eigenvalue weighted by molar-refractivity contribution is 6.01. The highest BCUT2D eigenvalue weighted by Crippen LogP contribution is 2.54. The molecule has 7 nitrogen and oxygen atoms in total. The standard InChI is InChI=1S/C18H14F2O7/c19-18(20)25-6-10-12(9-5-11(21)26-15(9)22)7-3-1-2-4-8(7)13-14(10)17(24)27-16(13)23/h1-4,9-10,12-14,18H,5-6H2. The summed E-state index contributed by atoms with van der Waals surface area (Å²) >= 11 is 0. The smallest absolute Gasteiger partial charge is 0.345 e. The molecule has 5 atom stereocenters. The van der Waals surface area contributed by atoms with E-state index in [9.17, 15) is 28.0 Å². The molecule has 0 saturated carbocycles. The van der Waals surface area contributed by atoms with Gasteiger partial charge in [0, 0.05) is 11.8 Å². The number of cyclic esters (lactones) is 4. The van der Waals surface area contributed by atoms with Gasteiger partial charge in [0.1, 0.15) is 0 Å². The van der Waals surface area contributed by atoms with E-state index in [1.54, 1.807) is 24.3 Å². The van der Waals surface area contributed by atoms with Crippen molar-refractivity contribution >= 4 is 23.9 Å². The lowest BCUT2D eigenvalue weighted by Crippen LogP contribution is -2.41. The fourth-order valence-corrected chi connectivity index (χ4v) is 4.48. The third-order valence-corrected chi connectivity index (χ3v) is 5.45. The molecule has 5 unspecified atom stereocenters. The quantitative estimate of drug-likeness (QED) is 0.577. The van der Waals surface area contributed by atoms with Gasteiger partial charge in [-0.25, -0.2) is 0 Å². The summed E-state index contributed by atoms with van der Waals surface area (Å²) in [6.07, 6.45) is -0.233. The van der Waals surface area contributed by atoms with Gasteiger partial charge in [-0.15, -0.1) is 0 Å². The van der Waals surface area contributed by atoms with Gasteiger partial charge in [-0.1, -0.05) is 24.3 Å². The van der Waals surface area contributed by atoms with Crippen LogP contribution in [0, 0.1) is 17.8 Å². The summed E-state index contributed by atoms with van der Waals surface area (Å²) in [6.45, 7) is -3.66. The van der Waals surface area contributed by atoms with Crippen LogP contribution >= 0.6 is 0 Å². The van der Waals surface area contributed by atoms with Crippen LogP contribution in [0.15, 0.2) is 24.3 Å². The van der Waals surface area contributed by atoms with Crippen LogP contribution in [-0.4, -0.2) is 37.1 Å². The molecule has 3 aliphatic rings. The number of rotatable bonds is 4. The fourth-order valence-electron chi connectivity index (χ4n) is 4.48. The fraction of sp³-hybridized carbons (Fsp3) is 0.444. The van der Waals surface area contributed by atoms with Gasteiger partial charge in [0.25, 0.3) is 0 Å². The zero-order chi connectivity index (χ0) is 19.3. The maximum Gasteiger partial charge on any atom is 0.345 e. The second kappa shape index (κ2) is 6.49. The molecule has 1 aliphatic carbocycles. The van der Waals surface area contributed by atoms with Crippen LogP contribution in [0.5, 0.6) is 0 Å². The molecule has 1 aromatic rings. The summed E-state index contributed by atoms with van der Waals surface area (Å²) < 4.78 is 39.2. The first-order chi connectivity index (χ1) is 12.9. The zero-order valence-corrected chi connectivity index (χ0v) is 13.8. The van der Waals surface area contributed by atoms with Crippen molar-refractivity contribution in [2.45, 2.75) is 24.9 Å². The number of hydrogen-bond donors (Lipinski definition) is 0. The first-order valence-electron chi connectivity index (χ1n) is 8.37. The van der Waals surface area contributed by atoms with Crippen LogP contribution in [-0.2, 0) is 33.4 Å². The number of hydrogen-bond acceptors (Lipinski definition) is 7. The number of esters is 4. The Morgan fingerprint density at radius 3 is 2.30 bits per heavy atom. The Kier molecular flexibility index (Phi) is 4.26. The molecule has 142 valence electrons. The number of alkyl halides is 2. The number of carbonyl (C=O) groups is 4. The van der Waals surface area contributed by atoms with Gasteiger partial charge in [-0.3, -0.25) is 19.2 Å². The summed E-state index contributed by atoms with van der Waals surface area (Å²) in [6, 6.07) is 6.61. The Hall–Kier alpha value is -2.68. The van der Waals surface area contributed by atoms with Gasteiger partial charge in [0.05, 0.1) is 30.8 Å². The molecule has 0 radical (unpaired) electrons. The summed E-state index contributed by atoms with van der Waals surface area (Å²) in [5.41, 5.74) is 1.02. The Bertz CT molecular complexity index is 837. The molecule has 0 bridgehead atoms. The van der Waals surface area contributed by atoms with Crippen LogP contribution in [0.4, 0.5) is 8.78 Å². The van der Waals surface area contributed by atoms with E-state index in [0.29, 0.717) is 11.1 Å². The molecular formula is C18H14F2O7. The van der Waals surface area contributed by atoms with Crippen molar-refractivity contribution in [1.29, 1.82) is 0 Å². The highest BCUT2D eigenvalue weighted by Gasteiger charge is 2.58. The van der Waals surface area contributed by atoms with E-state index in [2.05, 4.69) is 9.47 Å². The number of ether oxygens (including phenoxy) is 3. The molecule has 1 aromatic carbocycles. The van der Waals surface area contributed by atoms with E-state index in [1.165, 1.54) is 0 Å². The molecule has 0 amide bonds. The number of carbonyl (C=O) groups excluding carboxylic acids is 4. The van der Waals surface area contributed by atoms with Crippen LogP contribution in [0.2, 0.25) is 0 Å². The van der Waals surface area contributed by atoms with Crippen LogP contribution in [0.25, 0.3) is 0 Å². The van der Waals surface area contributed by atoms with Gasteiger partial charge in [0.2, 0.25) is 0 Å². The molecule has 0 N–H and O–H groups in total. The molecule has 2 heterocycles. The van der Waals surface area contributed by atoms with E-state index >= 15 is 0 Å². The third kappa shape index (κ3) is 2.82. The van der Waals surface area contributed by atoms with E-state index in [4.69, 9.17) is 4.74 Å². The van der Waals surface area contributed by atoms with Gasteiger partial charge in [0.15, 0.2) is 0 Å². The van der Waals surface area contributed by atoms with Crippen LogP contribution < -0.4 is 0 Å². The Morgan fingerprint density at radius 1 is 0.963 bits per heavy atom. The first-order valence-corrected chi connectivity index (χ1v) is 8.37. The minimum absolute atomic E-state index is 0.233. The van der Waals surface area contributed by atoms with E-state index in [-0.39, 0.29) is 6.42 Å². The second-order valence-electron chi connectivity index (χ2n) is 6.76. The first kappa shape index (κ1) is 17.7. The lowest BCUT2D eigenvalue weighted by molar-refractivity contribution is -0.161. The van der Waals surface area contributed by atoms with Gasteiger partial charge in [-0.05, 0) is 11.1 Å². The summed E-state index contributed by atoms with van der Waals surface area (Å²) in [5, 5.41) is 0. The van der Waals surface area contributed by atoms with Gasteiger partial charge >= 0.3 is 30.5 Å². The van der Waals surface area contributed by atoms with E-state index < -0.39 is 66.7 Å². The normalized spacial score (nSPS) is 32.3. The average Bonchev–Trinajstić information content (AvgIpc) is 3.10. The van der Waals surface area contributed by atoms with Crippen molar-refractivity contribution in [1.82, 2.24) is 0 Å². The molecular weight excluding hydrogens is 366 g/mol. The summed E-state index contributed by atoms with van der Waals surface area (Å²) in [4.78, 5) is 48.3. The van der Waals surface area contributed by atoms with Crippen molar-refractivity contribution in [2.24, 2.45) is 17.8 Å². The van der Waals surface area contributed by atoms with Crippen LogP contribution in [0.1, 0.15) is 29.4 Å². The van der Waals surface area contributed by atoms with Crippen molar-refractivity contribution in [3.8, 4) is 0 Å². The van der Waals surface area contributed by atoms with Crippen LogP contribution in [0.3, 0.4) is 0 Å². The van der Waals surface area contributed by atoms with Gasteiger partial charge in [-0.2, -0.15) is 8.78 Å². The molecule has 0 aromatic heterocycles. The molecule has 2 fully saturated rings. The van der Waals surface area contributed by atoms with Crippen molar-refractivity contribution in [3.05, 3.63) is 35.4 Å². The Labute approximate surface area is 151 Å². The molecule has 4 rings (SSSR count). The largest absolute Gasteiger partial charge is 0.393 e. The number of benzene rings is 1. The topological polar surface area (TPSA) is 96.0 Å². The monoisotopic (exact) mass is 380 g/mol. The SMILES string of the molecule is O=C1CC(C2c3ccccc3C3C(=O)OC(=O)C3C2COC(F)F)C(=O)O1. The molecule has 2 aliphatic heterocycles. The molecule has 0 spiro atoms. The van der Waals surface area contributed by atoms with Crippen molar-refractivity contribution in [3.63, 3.8) is 0 Å². The predicted octanol–water partition coefficient (Wildman–Crippen LogP) is 1.51. The van der Waals surface area contributed by atoms with Crippen molar-refractivity contribution in [2.75, 3.05) is 6.61 Å². The number of halogens is 2. The third-order valence-electron chi connectivity index (χ3n) is 5.45. The number of fused-ring (bicyclic) bond motifs is 3. The summed E-state index contributed by atoms with van der Waals surface area (Å²) in [5.74, 6) is -7.81. The summed E-state index contributed by atoms with van der Waals surface area (Å²) in [7, 11) is 0. The Morgan fingerprint density at radius 2 is 1.67 bits per heavy atom. The van der Waals surface area contributed by atoms with Crippen molar-refractivity contribution < 1.29 is 42.2 Å². The van der Waals surface area contributed by atoms with E-state index in [1.807, 2.05) is 0 Å². The zero-order valence-electron chi connectivity index (χ0n) is 13.8. The minimum atomic E-state index is -3.09. The predicted molar refractivity (Wildman–Crippen MR) is 81.2 cm³/mol. The van der Waals surface area contributed by atoms with E-state index in [0.717, 1.165) is 0 Å². The molecule has 27 heavy (non-hydrogen) atoms. The maximum absolute atomic E-state index is 12.7. The Balaban J connectivity index is 1.84. The lowest BCUT2D eigenvalue weighted by Gasteiger charge is -2.39. The van der Waals surface area contributed by atoms with Gasteiger partial charge < -0.3 is 14.2 Å².